The third kappa shape index (κ3) is 5.50. The Hall–Kier alpha value is -0.770. The van der Waals surface area contributed by atoms with Gasteiger partial charge in [0.05, 0.1) is 0 Å². The Labute approximate surface area is 129 Å². The number of carbonyl (C=O) groups is 1. The molecular weight excluding hydrogens is 264 g/mol. The zero-order valence-electron chi connectivity index (χ0n) is 13.6. The van der Waals surface area contributed by atoms with Crippen LogP contribution in [0, 0.1) is 5.92 Å². The summed E-state index contributed by atoms with van der Waals surface area (Å²) < 4.78 is 0. The quantitative estimate of drug-likeness (QED) is 0.758. The van der Waals surface area contributed by atoms with Crippen molar-refractivity contribution in [2.45, 2.75) is 70.3 Å². The van der Waals surface area contributed by atoms with Crippen LogP contribution in [-0.2, 0) is 0 Å². The Morgan fingerprint density at radius 1 is 1.10 bits per heavy atom. The summed E-state index contributed by atoms with van der Waals surface area (Å²) in [6.45, 7) is 3.91. The fourth-order valence-electron chi connectivity index (χ4n) is 3.93. The van der Waals surface area contributed by atoms with E-state index in [0.717, 1.165) is 18.8 Å². The summed E-state index contributed by atoms with van der Waals surface area (Å²) in [7, 11) is 1.71. The number of piperidine rings is 1. The van der Waals surface area contributed by atoms with Crippen LogP contribution >= 0.6 is 0 Å². The van der Waals surface area contributed by atoms with Gasteiger partial charge in [0.1, 0.15) is 0 Å². The maximum absolute atomic E-state index is 11.0. The van der Waals surface area contributed by atoms with E-state index in [0.29, 0.717) is 0 Å². The summed E-state index contributed by atoms with van der Waals surface area (Å²) in [5.74, 6) is 0.838. The molecule has 4 nitrogen and oxygen atoms in total. The molecule has 1 N–H and O–H groups in total. The zero-order valence-corrected chi connectivity index (χ0v) is 13.6. The monoisotopic (exact) mass is 296 g/mol. The Morgan fingerprint density at radius 3 is 2.38 bits per heavy atom. The van der Waals surface area contributed by atoms with Crippen LogP contribution in [0.25, 0.3) is 0 Å². The minimum atomic E-state index is -0.778. The van der Waals surface area contributed by atoms with Gasteiger partial charge in [0, 0.05) is 13.1 Å². The fraction of sp³-hybridized carbons (Fsp3) is 0.941. The van der Waals surface area contributed by atoms with Gasteiger partial charge in [-0.15, -0.1) is 0 Å². The van der Waals surface area contributed by atoms with Crippen molar-refractivity contribution in [1.29, 1.82) is 0 Å². The van der Waals surface area contributed by atoms with Crippen molar-refractivity contribution >= 4 is 6.09 Å². The number of hydrogen-bond acceptors (Lipinski definition) is 2. The van der Waals surface area contributed by atoms with Crippen molar-refractivity contribution in [3.05, 3.63) is 0 Å². The SMILES string of the molecule is CN(C(=O)O)C1CCC(CCCCN2CCCCC2)CC1. The maximum Gasteiger partial charge on any atom is 0.407 e. The standard InChI is InChI=1S/C17H32N2O2/c1-18(17(20)21)16-10-8-15(9-11-16)7-3-6-14-19-12-4-2-5-13-19/h15-16H,2-14H2,1H3,(H,20,21). The lowest BCUT2D eigenvalue weighted by Gasteiger charge is -2.33. The highest BCUT2D eigenvalue weighted by Crippen LogP contribution is 2.30. The van der Waals surface area contributed by atoms with Crippen molar-refractivity contribution in [3.8, 4) is 0 Å². The average molecular weight is 296 g/mol. The smallest absolute Gasteiger partial charge is 0.407 e. The summed E-state index contributed by atoms with van der Waals surface area (Å²) >= 11 is 0. The molecule has 21 heavy (non-hydrogen) atoms. The molecule has 0 bridgehead atoms. The molecule has 122 valence electrons. The predicted molar refractivity (Wildman–Crippen MR) is 85.7 cm³/mol. The zero-order chi connectivity index (χ0) is 15.1. The number of carboxylic acid groups (broad SMARTS) is 1. The van der Waals surface area contributed by atoms with Crippen LogP contribution in [0.1, 0.15) is 64.2 Å². The number of nitrogens with zero attached hydrogens (tertiary/aromatic N) is 2. The first-order valence-corrected chi connectivity index (χ1v) is 8.85. The summed E-state index contributed by atoms with van der Waals surface area (Å²) in [5, 5.41) is 9.02. The van der Waals surface area contributed by atoms with Crippen molar-refractivity contribution in [1.82, 2.24) is 9.80 Å². The Morgan fingerprint density at radius 2 is 1.76 bits per heavy atom. The Balaban J connectivity index is 1.53. The summed E-state index contributed by atoms with van der Waals surface area (Å²) in [4.78, 5) is 15.1. The second-order valence-corrected chi connectivity index (χ2v) is 6.97. The van der Waals surface area contributed by atoms with E-state index in [1.54, 1.807) is 7.05 Å². The van der Waals surface area contributed by atoms with Crippen LogP contribution in [0.15, 0.2) is 0 Å². The molecule has 0 aromatic carbocycles. The summed E-state index contributed by atoms with van der Waals surface area (Å²) in [6.07, 6.45) is 12.0. The predicted octanol–water partition coefficient (Wildman–Crippen LogP) is 3.81. The molecule has 0 unspecified atom stereocenters. The molecular formula is C17H32N2O2. The van der Waals surface area contributed by atoms with E-state index in [1.807, 2.05) is 0 Å². The summed E-state index contributed by atoms with van der Waals surface area (Å²) in [5.41, 5.74) is 0. The van der Waals surface area contributed by atoms with Crippen molar-refractivity contribution in [2.75, 3.05) is 26.7 Å². The molecule has 4 heteroatoms. The second-order valence-electron chi connectivity index (χ2n) is 6.97. The molecule has 0 aromatic rings. The maximum atomic E-state index is 11.0. The van der Waals surface area contributed by atoms with Crippen LogP contribution in [0.5, 0.6) is 0 Å². The molecule has 2 aliphatic rings. The Kier molecular flexibility index (Phi) is 6.81. The van der Waals surface area contributed by atoms with Crippen LogP contribution in [0.3, 0.4) is 0 Å². The van der Waals surface area contributed by atoms with E-state index in [9.17, 15) is 4.79 Å². The van der Waals surface area contributed by atoms with Crippen molar-refractivity contribution < 1.29 is 9.90 Å². The van der Waals surface area contributed by atoms with E-state index in [4.69, 9.17) is 5.11 Å². The van der Waals surface area contributed by atoms with Crippen LogP contribution in [0.2, 0.25) is 0 Å². The molecule has 1 saturated carbocycles. The van der Waals surface area contributed by atoms with Gasteiger partial charge in [0.2, 0.25) is 0 Å². The normalized spacial score (nSPS) is 27.5. The number of unbranched alkanes of at least 4 members (excludes halogenated alkanes) is 1. The topological polar surface area (TPSA) is 43.8 Å². The van der Waals surface area contributed by atoms with Gasteiger partial charge >= 0.3 is 6.09 Å². The van der Waals surface area contributed by atoms with Gasteiger partial charge in [-0.05, 0) is 70.5 Å². The first-order chi connectivity index (χ1) is 10.2. The molecule has 0 radical (unpaired) electrons. The number of hydrogen-bond donors (Lipinski definition) is 1. The van der Waals surface area contributed by atoms with Gasteiger partial charge in [-0.1, -0.05) is 19.3 Å². The van der Waals surface area contributed by atoms with E-state index in [1.165, 1.54) is 75.9 Å². The van der Waals surface area contributed by atoms with Crippen molar-refractivity contribution in [3.63, 3.8) is 0 Å². The molecule has 0 atom stereocenters. The largest absolute Gasteiger partial charge is 0.465 e. The molecule has 1 aliphatic heterocycles. The van der Waals surface area contributed by atoms with Gasteiger partial charge < -0.3 is 14.9 Å². The lowest BCUT2D eigenvalue weighted by atomic mass is 9.82. The molecule has 2 rings (SSSR count). The molecule has 2 fully saturated rings. The van der Waals surface area contributed by atoms with E-state index >= 15 is 0 Å². The third-order valence-corrected chi connectivity index (χ3v) is 5.45. The molecule has 1 saturated heterocycles. The number of rotatable bonds is 6. The first-order valence-electron chi connectivity index (χ1n) is 8.85. The number of amides is 1. The van der Waals surface area contributed by atoms with Crippen LogP contribution in [0.4, 0.5) is 4.79 Å². The van der Waals surface area contributed by atoms with Gasteiger partial charge in [0.15, 0.2) is 0 Å². The molecule has 1 aliphatic carbocycles. The molecule has 0 aromatic heterocycles. The van der Waals surface area contributed by atoms with Crippen molar-refractivity contribution in [2.24, 2.45) is 5.92 Å². The molecule has 0 spiro atoms. The second kappa shape index (κ2) is 8.62. The average Bonchev–Trinajstić information content (AvgIpc) is 2.52. The lowest BCUT2D eigenvalue weighted by molar-refractivity contribution is 0.117. The van der Waals surface area contributed by atoms with E-state index in [-0.39, 0.29) is 6.04 Å². The van der Waals surface area contributed by atoms with Crippen LogP contribution in [-0.4, -0.2) is 53.7 Å². The van der Waals surface area contributed by atoms with E-state index < -0.39 is 6.09 Å². The van der Waals surface area contributed by atoms with Gasteiger partial charge in [-0.2, -0.15) is 0 Å². The summed E-state index contributed by atoms with van der Waals surface area (Å²) in [6, 6.07) is 0.257. The Bertz CT molecular complexity index is 308. The van der Waals surface area contributed by atoms with Gasteiger partial charge in [-0.25, -0.2) is 4.79 Å². The lowest BCUT2D eigenvalue weighted by Crippen LogP contribution is -2.38. The fourth-order valence-corrected chi connectivity index (χ4v) is 3.93. The minimum absolute atomic E-state index is 0.257. The molecule has 1 heterocycles. The number of likely N-dealkylation sites (tertiary alicyclic amines) is 1. The highest BCUT2D eigenvalue weighted by molar-refractivity contribution is 5.64. The van der Waals surface area contributed by atoms with E-state index in [2.05, 4.69) is 4.90 Å². The highest BCUT2D eigenvalue weighted by atomic mass is 16.4. The highest BCUT2D eigenvalue weighted by Gasteiger charge is 2.25. The first kappa shape index (κ1) is 16.6. The third-order valence-electron chi connectivity index (χ3n) is 5.45. The minimum Gasteiger partial charge on any atom is -0.465 e. The van der Waals surface area contributed by atoms with Gasteiger partial charge in [0.25, 0.3) is 0 Å². The van der Waals surface area contributed by atoms with Gasteiger partial charge in [-0.3, -0.25) is 0 Å². The molecule has 1 amide bonds. The van der Waals surface area contributed by atoms with Crippen LogP contribution < -0.4 is 0 Å².